The van der Waals surface area contributed by atoms with Gasteiger partial charge in [-0.05, 0) is 199 Å². The molecule has 0 heterocycles. The lowest BCUT2D eigenvalue weighted by molar-refractivity contribution is 0.314. The third-order valence-electron chi connectivity index (χ3n) is 20.4. The normalized spacial score (nSPS) is 18.1. The molecule has 1 N–H and O–H groups in total. The summed E-state index contributed by atoms with van der Waals surface area (Å²) >= 11 is 0. The third-order valence-corrected chi connectivity index (χ3v) is 20.4. The summed E-state index contributed by atoms with van der Waals surface area (Å²) in [7, 11) is 4.74. The van der Waals surface area contributed by atoms with Crippen molar-refractivity contribution in [1.82, 2.24) is 5.32 Å². The van der Waals surface area contributed by atoms with Crippen LogP contribution < -0.4 is 20.6 Å². The first kappa shape index (κ1) is 63.7. The SMILES string of the molecule is C=C/C=C(\C=C)c1ccc(N(C2=CC(N(c3cc4c(cc3[B]C3=C(NC)c5cc6c(cc5C3)C(C)(C)CCC6(C)C)C(C)(C)CCC4(C)C)c3ccc(C(C)C)cc3-c3ccccc3)=C(C(/C=C\CC(C)C)=C/C(C)C(C)(C)C)C2)c2ccccc2)cc1. The number of nitrogens with zero attached hydrogens (tertiary/aromatic N) is 2. The summed E-state index contributed by atoms with van der Waals surface area (Å²) in [5, 5.41) is 3.85. The minimum atomic E-state index is -0.0749. The lowest BCUT2D eigenvalue weighted by Crippen LogP contribution is -2.38. The molecule has 0 aliphatic heterocycles. The molecule has 4 aliphatic carbocycles. The van der Waals surface area contributed by atoms with Gasteiger partial charge in [0.1, 0.15) is 0 Å². The maximum absolute atomic E-state index is 4.18. The molecular formula is C84H101BN3. The van der Waals surface area contributed by atoms with Crippen LogP contribution in [-0.2, 0) is 28.1 Å². The highest BCUT2D eigenvalue weighted by atomic mass is 15.2. The molecule has 0 aromatic heterocycles. The molecule has 455 valence electrons. The Bertz CT molecular complexity index is 3800. The van der Waals surface area contributed by atoms with E-state index in [1.807, 2.05) is 18.2 Å². The zero-order chi connectivity index (χ0) is 63.3. The minimum Gasteiger partial charge on any atom is -0.388 e. The van der Waals surface area contributed by atoms with Gasteiger partial charge in [-0.2, -0.15) is 0 Å². The second-order valence-corrected chi connectivity index (χ2v) is 30.4. The fraction of sp³-hybridized carbons (Fsp3) is 0.381. The van der Waals surface area contributed by atoms with Crippen molar-refractivity contribution in [2.75, 3.05) is 16.8 Å². The highest BCUT2D eigenvalue weighted by Gasteiger charge is 2.42. The summed E-state index contributed by atoms with van der Waals surface area (Å²) in [6.45, 7) is 46.9. The van der Waals surface area contributed by atoms with E-state index in [0.717, 1.165) is 53.9 Å². The molecule has 10 rings (SSSR count). The molecule has 1 radical (unpaired) electrons. The van der Waals surface area contributed by atoms with E-state index in [4.69, 9.17) is 0 Å². The zero-order valence-electron chi connectivity index (χ0n) is 56.7. The maximum atomic E-state index is 4.18. The zero-order valence-corrected chi connectivity index (χ0v) is 56.7. The summed E-state index contributed by atoms with van der Waals surface area (Å²) < 4.78 is 0. The molecule has 4 heteroatoms. The van der Waals surface area contributed by atoms with Crippen molar-refractivity contribution in [2.45, 2.75) is 183 Å². The van der Waals surface area contributed by atoms with E-state index in [-0.39, 0.29) is 33.0 Å². The Balaban J connectivity index is 1.33. The predicted octanol–water partition coefficient (Wildman–Crippen LogP) is 22.1. The Morgan fingerprint density at radius 1 is 0.625 bits per heavy atom. The molecule has 0 fully saturated rings. The molecule has 1 unspecified atom stereocenters. The van der Waals surface area contributed by atoms with Crippen LogP contribution in [0.15, 0.2) is 211 Å². The van der Waals surface area contributed by atoms with E-state index < -0.39 is 0 Å². The molecule has 6 aromatic rings. The van der Waals surface area contributed by atoms with Gasteiger partial charge >= 0.3 is 0 Å². The van der Waals surface area contributed by atoms with Gasteiger partial charge in [-0.25, -0.2) is 0 Å². The molecule has 88 heavy (non-hydrogen) atoms. The average molecular weight is 1160 g/mol. The Kier molecular flexibility index (Phi) is 18.1. The number of allylic oxidation sites excluding steroid dienone is 11. The van der Waals surface area contributed by atoms with Gasteiger partial charge in [-0.3, -0.25) is 0 Å². The van der Waals surface area contributed by atoms with Crippen LogP contribution in [-0.4, -0.2) is 14.3 Å². The van der Waals surface area contributed by atoms with Crippen molar-refractivity contribution in [3.63, 3.8) is 0 Å². The van der Waals surface area contributed by atoms with E-state index in [0.29, 0.717) is 18.3 Å². The molecule has 1 atom stereocenters. The Labute approximate surface area is 533 Å². The van der Waals surface area contributed by atoms with Crippen molar-refractivity contribution in [1.29, 1.82) is 0 Å². The summed E-state index contributed by atoms with van der Waals surface area (Å²) in [4.78, 5) is 5.24. The highest BCUT2D eigenvalue weighted by molar-refractivity contribution is 6.64. The molecule has 0 bridgehead atoms. The number of nitrogens with one attached hydrogen (secondary N) is 1. The van der Waals surface area contributed by atoms with Gasteiger partial charge < -0.3 is 15.1 Å². The number of hydrogen-bond acceptors (Lipinski definition) is 3. The molecular weight excluding hydrogens is 1060 g/mol. The topological polar surface area (TPSA) is 18.5 Å². The van der Waals surface area contributed by atoms with Crippen LogP contribution >= 0.6 is 0 Å². The summed E-state index contributed by atoms with van der Waals surface area (Å²) in [5.41, 5.74) is 28.0. The Hall–Kier alpha value is -7.30. The summed E-state index contributed by atoms with van der Waals surface area (Å²) in [5.74, 6) is 1.10. The summed E-state index contributed by atoms with van der Waals surface area (Å²) in [6.07, 6.45) is 23.0. The van der Waals surface area contributed by atoms with Crippen LogP contribution in [0.5, 0.6) is 0 Å². The van der Waals surface area contributed by atoms with E-state index in [1.165, 1.54) is 108 Å². The smallest absolute Gasteiger partial charge is 0.191 e. The Morgan fingerprint density at radius 2 is 1.20 bits per heavy atom. The standard InChI is InChI=1S/C84H101BN3/c1-20-29-58(21-2)59-36-39-65(40-37-59)87(64-34-26-23-27-35-64)66-50-68(62(33-28-30-55(3)4)46-57(7)80(8,9)10)77(51-66)88(76-41-38-61(56(5)6)47-67(76)60-31-24-22-25-32-60)78-54-73-72(83(15,16)44-45-84(73,17)18)53-74(78)85-75-49-63-48-70-71(52-69(63)79(75)86-19)82(13,14)43-42-81(70,11)12/h20-29,31-41,46-48,51-57,86H,1-2,30,42-45,49-50H2,3-19H3/b33-28-,58-29+,62-46+. The predicted molar refractivity (Wildman–Crippen MR) is 385 cm³/mol. The lowest BCUT2D eigenvalue weighted by atomic mass is 9.57. The van der Waals surface area contributed by atoms with Crippen molar-refractivity contribution in [3.05, 3.63) is 256 Å². The monoisotopic (exact) mass is 1160 g/mol. The fourth-order valence-electron chi connectivity index (χ4n) is 14.1. The van der Waals surface area contributed by atoms with Crippen LogP contribution in [0.25, 0.3) is 22.4 Å². The molecule has 0 saturated heterocycles. The second-order valence-electron chi connectivity index (χ2n) is 30.4. The third kappa shape index (κ3) is 12.8. The van der Waals surface area contributed by atoms with Crippen LogP contribution in [0.3, 0.4) is 0 Å². The maximum Gasteiger partial charge on any atom is 0.191 e. The quantitative estimate of drug-likeness (QED) is 0.0644. The van der Waals surface area contributed by atoms with Crippen molar-refractivity contribution < 1.29 is 0 Å². The van der Waals surface area contributed by atoms with E-state index >= 15 is 0 Å². The van der Waals surface area contributed by atoms with Gasteiger partial charge in [-0.15, -0.1) is 0 Å². The van der Waals surface area contributed by atoms with E-state index in [9.17, 15) is 0 Å². The summed E-state index contributed by atoms with van der Waals surface area (Å²) in [6, 6.07) is 49.1. The first-order chi connectivity index (χ1) is 41.7. The number of anilines is 4. The first-order valence-electron chi connectivity index (χ1n) is 33.0. The van der Waals surface area contributed by atoms with E-state index in [2.05, 4.69) is 305 Å². The van der Waals surface area contributed by atoms with E-state index in [1.54, 1.807) is 0 Å². The molecule has 6 aromatic carbocycles. The minimum absolute atomic E-state index is 0.0170. The van der Waals surface area contributed by atoms with Gasteiger partial charge in [0.2, 0.25) is 0 Å². The number of benzene rings is 6. The number of fused-ring (bicyclic) bond motifs is 3. The van der Waals surface area contributed by atoms with Gasteiger partial charge in [-0.1, -0.05) is 250 Å². The number of para-hydroxylation sites is 1. The number of hydrogen-bond donors (Lipinski definition) is 1. The van der Waals surface area contributed by atoms with Gasteiger partial charge in [0.15, 0.2) is 7.28 Å². The van der Waals surface area contributed by atoms with Gasteiger partial charge in [0.05, 0.1) is 11.4 Å². The van der Waals surface area contributed by atoms with Crippen molar-refractivity contribution >= 4 is 46.8 Å². The van der Waals surface area contributed by atoms with Crippen molar-refractivity contribution in [2.24, 2.45) is 17.3 Å². The highest BCUT2D eigenvalue weighted by Crippen LogP contribution is 2.53. The molecule has 0 spiro atoms. The average Bonchev–Trinajstić information content (AvgIpc) is 1.20. The Morgan fingerprint density at radius 3 is 1.77 bits per heavy atom. The molecule has 0 amide bonds. The van der Waals surface area contributed by atoms with Crippen LogP contribution in [0.1, 0.15) is 200 Å². The van der Waals surface area contributed by atoms with Crippen LogP contribution in [0.2, 0.25) is 0 Å². The van der Waals surface area contributed by atoms with Crippen LogP contribution in [0.4, 0.5) is 22.7 Å². The number of rotatable bonds is 19. The largest absolute Gasteiger partial charge is 0.388 e. The van der Waals surface area contributed by atoms with Crippen LogP contribution in [0, 0.1) is 17.3 Å². The lowest BCUT2D eigenvalue weighted by Gasteiger charge is -2.43. The van der Waals surface area contributed by atoms with Crippen molar-refractivity contribution in [3.8, 4) is 11.1 Å². The van der Waals surface area contributed by atoms with Gasteiger partial charge in [0.25, 0.3) is 0 Å². The molecule has 4 aliphatic rings. The molecule has 0 saturated carbocycles. The second kappa shape index (κ2) is 24.9. The molecule has 3 nitrogen and oxygen atoms in total. The fourth-order valence-corrected chi connectivity index (χ4v) is 14.1. The first-order valence-corrected chi connectivity index (χ1v) is 33.0. The van der Waals surface area contributed by atoms with Gasteiger partial charge in [0, 0.05) is 53.1 Å².